The van der Waals surface area contributed by atoms with Crippen molar-refractivity contribution >= 4 is 57.0 Å². The van der Waals surface area contributed by atoms with E-state index in [1.807, 2.05) is 0 Å². The number of hydrazone groups is 1. The van der Waals surface area contributed by atoms with E-state index in [0.29, 0.717) is 26.9 Å². The predicted molar refractivity (Wildman–Crippen MR) is 147 cm³/mol. The average Bonchev–Trinajstić information content (AvgIpc) is 2.90. The highest BCUT2D eigenvalue weighted by Crippen LogP contribution is 2.19. The fourth-order valence-corrected chi connectivity index (χ4v) is 4.43. The number of anilines is 1. The Morgan fingerprint density at radius 2 is 1.29 bits per heavy atom. The van der Waals surface area contributed by atoms with Gasteiger partial charge in [0.15, 0.2) is 0 Å². The number of esters is 1. The van der Waals surface area contributed by atoms with Crippen molar-refractivity contribution in [3.05, 3.63) is 124 Å². The third kappa shape index (κ3) is 7.19. The third-order valence-electron chi connectivity index (χ3n) is 5.07. The van der Waals surface area contributed by atoms with Gasteiger partial charge < -0.3 is 4.74 Å². The molecule has 0 saturated heterocycles. The van der Waals surface area contributed by atoms with Gasteiger partial charge in [-0.25, -0.2) is 18.6 Å². The first kappa shape index (κ1) is 26.9. The summed E-state index contributed by atoms with van der Waals surface area (Å²) in [5.41, 5.74) is 4.00. The average molecular weight is 568 g/mol. The number of hydrogen-bond acceptors (Lipinski definition) is 6. The molecule has 1 amide bonds. The van der Waals surface area contributed by atoms with Gasteiger partial charge in [-0.05, 0) is 103 Å². The van der Waals surface area contributed by atoms with Crippen LogP contribution in [0.2, 0.25) is 10.0 Å². The zero-order valence-electron chi connectivity index (χ0n) is 19.5. The molecular formula is C27H19Cl2N3O5S. The van der Waals surface area contributed by atoms with Crippen LogP contribution in [0.25, 0.3) is 0 Å². The largest absolute Gasteiger partial charge is 0.423 e. The summed E-state index contributed by atoms with van der Waals surface area (Å²) in [7, 11) is -3.80. The number of nitrogens with zero attached hydrogens (tertiary/aromatic N) is 1. The normalized spacial score (nSPS) is 11.2. The highest BCUT2D eigenvalue weighted by atomic mass is 35.5. The van der Waals surface area contributed by atoms with Gasteiger partial charge in [-0.1, -0.05) is 23.2 Å². The van der Waals surface area contributed by atoms with Crippen molar-refractivity contribution in [3.63, 3.8) is 0 Å². The molecule has 0 aliphatic carbocycles. The lowest BCUT2D eigenvalue weighted by atomic mass is 10.2. The first-order valence-corrected chi connectivity index (χ1v) is 13.2. The second-order valence-electron chi connectivity index (χ2n) is 7.80. The molecule has 0 radical (unpaired) electrons. The fraction of sp³-hybridized carbons (Fsp3) is 0. The summed E-state index contributed by atoms with van der Waals surface area (Å²) in [4.78, 5) is 24.6. The Balaban J connectivity index is 1.30. The number of hydrogen-bond donors (Lipinski definition) is 2. The van der Waals surface area contributed by atoms with Crippen LogP contribution in [0.5, 0.6) is 5.75 Å². The van der Waals surface area contributed by atoms with E-state index in [0.717, 1.165) is 0 Å². The highest BCUT2D eigenvalue weighted by Gasteiger charge is 2.14. The Bertz CT molecular complexity index is 1570. The van der Waals surface area contributed by atoms with Gasteiger partial charge in [0.05, 0.1) is 16.7 Å². The molecule has 0 aliphatic heterocycles. The van der Waals surface area contributed by atoms with Crippen LogP contribution in [0.15, 0.2) is 107 Å². The van der Waals surface area contributed by atoms with Gasteiger partial charge in [0.2, 0.25) is 0 Å². The van der Waals surface area contributed by atoms with E-state index in [1.54, 1.807) is 48.5 Å². The number of ether oxygens (including phenoxy) is 1. The number of benzene rings is 4. The van der Waals surface area contributed by atoms with Crippen molar-refractivity contribution in [2.75, 3.05) is 4.72 Å². The topological polar surface area (TPSA) is 114 Å². The lowest BCUT2D eigenvalue weighted by Crippen LogP contribution is -2.18. The number of carbonyl (C=O) groups is 2. The Hall–Kier alpha value is -4.18. The van der Waals surface area contributed by atoms with Gasteiger partial charge in [-0.15, -0.1) is 0 Å². The summed E-state index contributed by atoms with van der Waals surface area (Å²) in [5.74, 6) is -0.654. The number of sulfonamides is 1. The van der Waals surface area contributed by atoms with Gasteiger partial charge >= 0.3 is 5.97 Å². The predicted octanol–water partition coefficient (Wildman–Crippen LogP) is 5.78. The molecule has 0 unspecified atom stereocenters. The summed E-state index contributed by atoms with van der Waals surface area (Å²) >= 11 is 11.6. The van der Waals surface area contributed by atoms with Crippen molar-refractivity contribution in [2.24, 2.45) is 5.10 Å². The Labute approximate surface area is 228 Å². The molecule has 0 bridgehead atoms. The van der Waals surface area contributed by atoms with Crippen LogP contribution in [0.4, 0.5) is 5.69 Å². The number of carbonyl (C=O) groups excluding carboxylic acids is 2. The van der Waals surface area contributed by atoms with Crippen LogP contribution in [-0.2, 0) is 10.0 Å². The monoisotopic (exact) mass is 567 g/mol. The summed E-state index contributed by atoms with van der Waals surface area (Å²) in [6, 6.07) is 24.5. The molecular weight excluding hydrogens is 549 g/mol. The molecule has 4 aromatic rings. The fourth-order valence-electron chi connectivity index (χ4n) is 3.12. The van der Waals surface area contributed by atoms with Crippen LogP contribution in [0, 0.1) is 0 Å². The standard InChI is InChI=1S/C27H19Cl2N3O5S/c28-21-7-3-20(4-8-21)27(34)37-24-13-1-18(2-14-24)17-30-31-26(33)19-5-11-23(12-6-19)32-38(35,36)25-15-9-22(29)10-16-25/h1-17,32H,(H,31,33)/b30-17+. The van der Waals surface area contributed by atoms with Crippen molar-refractivity contribution < 1.29 is 22.7 Å². The molecule has 8 nitrogen and oxygen atoms in total. The summed E-state index contributed by atoms with van der Waals surface area (Å²) in [6.45, 7) is 0. The molecule has 2 N–H and O–H groups in total. The molecule has 0 saturated carbocycles. The molecule has 4 rings (SSSR count). The molecule has 0 aliphatic rings. The smallest absolute Gasteiger partial charge is 0.343 e. The SMILES string of the molecule is O=C(N/N=C/c1ccc(OC(=O)c2ccc(Cl)cc2)cc1)c1ccc(NS(=O)(=O)c2ccc(Cl)cc2)cc1. The van der Waals surface area contributed by atoms with Gasteiger partial charge in [0.25, 0.3) is 15.9 Å². The minimum Gasteiger partial charge on any atom is -0.423 e. The molecule has 38 heavy (non-hydrogen) atoms. The maximum absolute atomic E-state index is 12.5. The van der Waals surface area contributed by atoms with Crippen LogP contribution in [-0.4, -0.2) is 26.5 Å². The highest BCUT2D eigenvalue weighted by molar-refractivity contribution is 7.92. The van der Waals surface area contributed by atoms with E-state index >= 15 is 0 Å². The summed E-state index contributed by atoms with van der Waals surface area (Å²) < 4.78 is 32.7. The number of nitrogens with one attached hydrogen (secondary N) is 2. The van der Waals surface area contributed by atoms with E-state index in [9.17, 15) is 18.0 Å². The van der Waals surface area contributed by atoms with Crippen molar-refractivity contribution in [2.45, 2.75) is 4.90 Å². The zero-order chi connectivity index (χ0) is 27.1. The van der Waals surface area contributed by atoms with E-state index in [-0.39, 0.29) is 16.1 Å². The summed E-state index contributed by atoms with van der Waals surface area (Å²) in [6.07, 6.45) is 1.43. The minimum atomic E-state index is -3.80. The molecule has 0 heterocycles. The van der Waals surface area contributed by atoms with Gasteiger partial charge in [-0.2, -0.15) is 5.10 Å². The van der Waals surface area contributed by atoms with E-state index in [2.05, 4.69) is 15.2 Å². The molecule has 11 heteroatoms. The van der Waals surface area contributed by atoms with Crippen molar-refractivity contribution in [1.82, 2.24) is 5.43 Å². The molecule has 4 aromatic carbocycles. The van der Waals surface area contributed by atoms with Crippen LogP contribution < -0.4 is 14.9 Å². The second kappa shape index (κ2) is 11.9. The lowest BCUT2D eigenvalue weighted by molar-refractivity contribution is 0.0734. The first-order chi connectivity index (χ1) is 18.2. The number of amides is 1. The van der Waals surface area contributed by atoms with Crippen LogP contribution in [0.1, 0.15) is 26.3 Å². The van der Waals surface area contributed by atoms with Gasteiger partial charge in [0.1, 0.15) is 5.75 Å². The maximum Gasteiger partial charge on any atom is 0.343 e. The summed E-state index contributed by atoms with van der Waals surface area (Å²) in [5, 5.41) is 4.87. The second-order valence-corrected chi connectivity index (χ2v) is 10.4. The van der Waals surface area contributed by atoms with Crippen molar-refractivity contribution in [3.8, 4) is 5.75 Å². The van der Waals surface area contributed by atoms with E-state index in [1.165, 1.54) is 54.7 Å². The zero-order valence-corrected chi connectivity index (χ0v) is 21.8. The Morgan fingerprint density at radius 3 is 1.89 bits per heavy atom. The number of halogens is 2. The molecule has 192 valence electrons. The molecule has 0 aromatic heterocycles. The van der Waals surface area contributed by atoms with Gasteiger partial charge in [-0.3, -0.25) is 9.52 Å². The van der Waals surface area contributed by atoms with Crippen molar-refractivity contribution in [1.29, 1.82) is 0 Å². The Kier molecular flexibility index (Phi) is 8.42. The number of rotatable bonds is 8. The quantitative estimate of drug-likeness (QED) is 0.121. The minimum absolute atomic E-state index is 0.0609. The molecule has 0 atom stereocenters. The molecule has 0 spiro atoms. The van der Waals surface area contributed by atoms with E-state index in [4.69, 9.17) is 27.9 Å². The Morgan fingerprint density at radius 1 is 0.737 bits per heavy atom. The molecule has 0 fully saturated rings. The van der Waals surface area contributed by atoms with E-state index < -0.39 is 21.9 Å². The lowest BCUT2D eigenvalue weighted by Gasteiger charge is -2.09. The maximum atomic E-state index is 12.5. The van der Waals surface area contributed by atoms with Crippen LogP contribution >= 0.6 is 23.2 Å². The first-order valence-electron chi connectivity index (χ1n) is 11.0. The van der Waals surface area contributed by atoms with Gasteiger partial charge in [0, 0.05) is 21.3 Å². The van der Waals surface area contributed by atoms with Crippen LogP contribution in [0.3, 0.4) is 0 Å². The third-order valence-corrected chi connectivity index (χ3v) is 6.97.